The van der Waals surface area contributed by atoms with Gasteiger partial charge in [-0.1, -0.05) is 12.1 Å². The minimum absolute atomic E-state index is 0.0172. The number of aromatic nitrogens is 2. The molecule has 0 N–H and O–H groups in total. The summed E-state index contributed by atoms with van der Waals surface area (Å²) in [6.07, 6.45) is 1.04. The van der Waals surface area contributed by atoms with Crippen molar-refractivity contribution in [2.45, 2.75) is 19.4 Å². The molecule has 7 nitrogen and oxygen atoms in total. The zero-order chi connectivity index (χ0) is 23.8. The summed E-state index contributed by atoms with van der Waals surface area (Å²) in [6, 6.07) is 17.9. The van der Waals surface area contributed by atoms with Crippen LogP contribution in [0.1, 0.15) is 12.1 Å². The Balaban J connectivity index is 1.13. The van der Waals surface area contributed by atoms with Crippen LogP contribution in [0, 0.1) is 13.5 Å². The summed E-state index contributed by atoms with van der Waals surface area (Å²) < 4.78 is 12.5. The number of fused-ring (bicyclic) bond motifs is 4. The van der Waals surface area contributed by atoms with Crippen LogP contribution in [0.3, 0.4) is 0 Å². The average Bonchev–Trinajstić information content (AvgIpc) is 3.13. The second kappa shape index (κ2) is 9.05. The van der Waals surface area contributed by atoms with Gasteiger partial charge >= 0.3 is 0 Å². The van der Waals surface area contributed by atoms with E-state index in [1.807, 2.05) is 43.3 Å². The summed E-state index contributed by atoms with van der Waals surface area (Å²) in [5.41, 5.74) is 3.51. The molecule has 1 atom stereocenters. The fourth-order valence-electron chi connectivity index (χ4n) is 4.99. The molecule has 2 aliphatic rings. The van der Waals surface area contributed by atoms with Crippen LogP contribution in [0.2, 0.25) is 0 Å². The summed E-state index contributed by atoms with van der Waals surface area (Å²) >= 11 is 0. The minimum Gasteiger partial charge on any atom is -0.486 e. The molecule has 176 valence electrons. The zero-order valence-electron chi connectivity index (χ0n) is 19.8. The molecule has 4 aromatic rings. The molecule has 35 heavy (non-hydrogen) atoms. The molecule has 0 bridgehead atoms. The Labute approximate surface area is 204 Å². The van der Waals surface area contributed by atoms with E-state index >= 15 is 0 Å². The van der Waals surface area contributed by atoms with Gasteiger partial charge < -0.3 is 14.4 Å². The molecular weight excluding hydrogens is 438 g/mol. The minimum atomic E-state index is -0.0172. The molecule has 0 aliphatic carbocycles. The number of ether oxygens (including phenoxy) is 2. The van der Waals surface area contributed by atoms with Crippen molar-refractivity contribution < 1.29 is 9.47 Å². The van der Waals surface area contributed by atoms with Gasteiger partial charge in [-0.15, -0.1) is 0 Å². The van der Waals surface area contributed by atoms with E-state index in [0.29, 0.717) is 12.3 Å². The van der Waals surface area contributed by atoms with Crippen molar-refractivity contribution in [3.63, 3.8) is 0 Å². The maximum Gasteiger partial charge on any atom is 0.187 e. The third-order valence-electron chi connectivity index (χ3n) is 6.80. The Morgan fingerprint density at radius 2 is 1.89 bits per heavy atom. The van der Waals surface area contributed by atoms with Gasteiger partial charge in [0.1, 0.15) is 18.5 Å². The van der Waals surface area contributed by atoms with Crippen LogP contribution in [0.15, 0.2) is 54.6 Å². The fraction of sp³-hybridized carbons (Fsp3) is 0.321. The largest absolute Gasteiger partial charge is 0.486 e. The molecule has 2 aromatic carbocycles. The third kappa shape index (κ3) is 4.33. The molecule has 0 amide bonds. The Kier molecular flexibility index (Phi) is 5.59. The van der Waals surface area contributed by atoms with Crippen molar-refractivity contribution in [1.82, 2.24) is 14.9 Å². The number of aryl methyl sites for hydroxylation is 1. The Bertz CT molecular complexity index is 1450. The summed E-state index contributed by atoms with van der Waals surface area (Å²) in [7, 11) is 0. The lowest BCUT2D eigenvalue weighted by molar-refractivity contribution is 0.0622. The Hall–Kier alpha value is -3.89. The molecule has 1 saturated heterocycles. The number of hydrogen-bond acceptors (Lipinski definition) is 6. The van der Waals surface area contributed by atoms with Gasteiger partial charge in [-0.25, -0.2) is 9.83 Å². The van der Waals surface area contributed by atoms with Gasteiger partial charge in [0.25, 0.3) is 0 Å². The SMILES string of the molecule is [C-]#[N+]c1ccc2nc(N3CCCN(C[C@H]4COc5ccc6nc(C)ccc6c5O4)CC3)ccc2c1. The summed E-state index contributed by atoms with van der Waals surface area (Å²) in [4.78, 5) is 17.8. The second-order valence-electron chi connectivity index (χ2n) is 9.26. The number of anilines is 1. The summed E-state index contributed by atoms with van der Waals surface area (Å²) in [6.45, 7) is 14.4. The smallest absolute Gasteiger partial charge is 0.187 e. The quantitative estimate of drug-likeness (QED) is 0.397. The maximum atomic E-state index is 7.21. The van der Waals surface area contributed by atoms with E-state index in [9.17, 15) is 0 Å². The summed E-state index contributed by atoms with van der Waals surface area (Å²) in [5, 5.41) is 2.01. The van der Waals surface area contributed by atoms with Gasteiger partial charge in [-0.2, -0.15) is 0 Å². The molecule has 2 aliphatic heterocycles. The molecule has 0 radical (unpaired) electrons. The number of benzene rings is 2. The molecule has 0 saturated carbocycles. The average molecular weight is 466 g/mol. The molecule has 6 rings (SSSR count). The highest BCUT2D eigenvalue weighted by Gasteiger charge is 2.26. The van der Waals surface area contributed by atoms with E-state index in [2.05, 4.69) is 37.8 Å². The Morgan fingerprint density at radius 1 is 0.971 bits per heavy atom. The van der Waals surface area contributed by atoms with Crippen molar-refractivity contribution in [3.05, 3.63) is 71.7 Å². The van der Waals surface area contributed by atoms with E-state index in [-0.39, 0.29) is 6.10 Å². The number of nitrogens with zero attached hydrogens (tertiary/aromatic N) is 5. The lowest BCUT2D eigenvalue weighted by atomic mass is 10.1. The van der Waals surface area contributed by atoms with Crippen molar-refractivity contribution in [2.24, 2.45) is 0 Å². The van der Waals surface area contributed by atoms with Gasteiger partial charge in [0.15, 0.2) is 17.2 Å². The first-order valence-electron chi connectivity index (χ1n) is 12.1. The first kappa shape index (κ1) is 21.6. The lowest BCUT2D eigenvalue weighted by Gasteiger charge is -2.31. The highest BCUT2D eigenvalue weighted by molar-refractivity contribution is 5.88. The van der Waals surface area contributed by atoms with Crippen LogP contribution in [-0.2, 0) is 0 Å². The fourth-order valence-corrected chi connectivity index (χ4v) is 4.99. The van der Waals surface area contributed by atoms with E-state index in [4.69, 9.17) is 21.0 Å². The third-order valence-corrected chi connectivity index (χ3v) is 6.80. The highest BCUT2D eigenvalue weighted by Crippen LogP contribution is 2.38. The normalized spacial score (nSPS) is 18.4. The maximum absolute atomic E-state index is 7.21. The number of pyridine rings is 2. The Morgan fingerprint density at radius 3 is 2.80 bits per heavy atom. The topological polar surface area (TPSA) is 55.1 Å². The van der Waals surface area contributed by atoms with E-state index in [0.717, 1.165) is 84.0 Å². The van der Waals surface area contributed by atoms with Crippen molar-refractivity contribution in [1.29, 1.82) is 0 Å². The first-order valence-corrected chi connectivity index (χ1v) is 12.1. The van der Waals surface area contributed by atoms with E-state index in [1.54, 1.807) is 0 Å². The van der Waals surface area contributed by atoms with Crippen LogP contribution in [0.4, 0.5) is 11.5 Å². The highest BCUT2D eigenvalue weighted by atomic mass is 16.6. The lowest BCUT2D eigenvalue weighted by Crippen LogP contribution is -2.42. The van der Waals surface area contributed by atoms with E-state index in [1.165, 1.54) is 0 Å². The van der Waals surface area contributed by atoms with Crippen LogP contribution in [0.25, 0.3) is 26.7 Å². The van der Waals surface area contributed by atoms with Crippen molar-refractivity contribution >= 4 is 33.3 Å². The van der Waals surface area contributed by atoms with Crippen LogP contribution < -0.4 is 14.4 Å². The zero-order valence-corrected chi connectivity index (χ0v) is 19.8. The van der Waals surface area contributed by atoms with Crippen molar-refractivity contribution in [2.75, 3.05) is 44.2 Å². The van der Waals surface area contributed by atoms with Gasteiger partial charge in [0.05, 0.1) is 17.6 Å². The van der Waals surface area contributed by atoms with E-state index < -0.39 is 0 Å². The van der Waals surface area contributed by atoms with Crippen molar-refractivity contribution in [3.8, 4) is 11.5 Å². The van der Waals surface area contributed by atoms with Gasteiger partial charge in [0, 0.05) is 43.8 Å². The van der Waals surface area contributed by atoms with Gasteiger partial charge in [0.2, 0.25) is 0 Å². The molecule has 0 spiro atoms. The van der Waals surface area contributed by atoms with Gasteiger partial charge in [-0.3, -0.25) is 9.88 Å². The summed E-state index contributed by atoms with van der Waals surface area (Å²) in [5.74, 6) is 2.60. The monoisotopic (exact) mass is 465 g/mol. The predicted octanol–water partition coefficient (Wildman–Crippen LogP) is 4.99. The van der Waals surface area contributed by atoms with Gasteiger partial charge in [-0.05, 0) is 61.2 Å². The molecule has 7 heteroatoms. The molecule has 0 unspecified atom stereocenters. The van der Waals surface area contributed by atoms with Crippen LogP contribution in [-0.4, -0.2) is 60.3 Å². The molecule has 2 aromatic heterocycles. The van der Waals surface area contributed by atoms with Crippen LogP contribution in [0.5, 0.6) is 11.5 Å². The first-order chi connectivity index (χ1) is 17.2. The number of hydrogen-bond donors (Lipinski definition) is 0. The predicted molar refractivity (Wildman–Crippen MR) is 138 cm³/mol. The standard InChI is InChI=1S/C28H27N5O2/c1-19-4-7-23-25(30-19)9-10-26-28(23)35-22(18-34-26)17-32-12-3-13-33(15-14-32)27-11-5-20-16-21(29-2)6-8-24(20)31-27/h4-11,16,22H,3,12-15,17-18H2,1H3/t22-/m0/s1. The number of rotatable bonds is 3. The second-order valence-corrected chi connectivity index (χ2v) is 9.26. The molecule has 1 fully saturated rings. The molecular formula is C28H27N5O2. The van der Waals surface area contributed by atoms with Crippen LogP contribution >= 0.6 is 0 Å². The molecule has 4 heterocycles.